The highest BCUT2D eigenvalue weighted by Gasteiger charge is 2.05. The van der Waals surface area contributed by atoms with Gasteiger partial charge in [-0.05, 0) is 55.0 Å². The van der Waals surface area contributed by atoms with Crippen molar-refractivity contribution in [1.82, 2.24) is 0 Å². The summed E-state index contributed by atoms with van der Waals surface area (Å²) in [5.74, 6) is 1.28. The lowest BCUT2D eigenvalue weighted by Crippen LogP contribution is -2.02. The first kappa shape index (κ1) is 14.7. The number of hydrogen-bond donors (Lipinski definition) is 1. The van der Waals surface area contributed by atoms with Crippen molar-refractivity contribution in [2.45, 2.75) is 6.92 Å². The van der Waals surface area contributed by atoms with Crippen LogP contribution in [0.5, 0.6) is 5.75 Å². The van der Waals surface area contributed by atoms with Crippen molar-refractivity contribution in [2.75, 3.05) is 7.11 Å². The van der Waals surface area contributed by atoms with Gasteiger partial charge < -0.3 is 14.3 Å². The first-order chi connectivity index (χ1) is 10.1. The largest absolute Gasteiger partial charge is 0.508 e. The molecule has 0 fully saturated rings. The van der Waals surface area contributed by atoms with Gasteiger partial charge in [-0.3, -0.25) is 0 Å². The van der Waals surface area contributed by atoms with Crippen molar-refractivity contribution in [3.05, 3.63) is 70.5 Å². The van der Waals surface area contributed by atoms with Gasteiger partial charge in [-0.2, -0.15) is 0 Å². The van der Waals surface area contributed by atoms with E-state index in [2.05, 4.69) is 0 Å². The highest BCUT2D eigenvalue weighted by atomic mass is 16.5. The summed E-state index contributed by atoms with van der Waals surface area (Å²) in [6.07, 6.45) is 5.19. The molecule has 4 heteroatoms. The Labute approximate surface area is 122 Å². The van der Waals surface area contributed by atoms with Crippen LogP contribution in [0, 0.1) is 0 Å². The number of methoxy groups -OCH3 is 1. The molecule has 0 aliphatic heterocycles. The fourth-order valence-corrected chi connectivity index (χ4v) is 1.82. The first-order valence-corrected chi connectivity index (χ1v) is 6.46. The molecule has 0 amide bonds. The molecule has 1 aromatic carbocycles. The van der Waals surface area contributed by atoms with E-state index >= 15 is 0 Å². The Kier molecular flexibility index (Phi) is 4.61. The van der Waals surface area contributed by atoms with Crippen LogP contribution in [0.4, 0.5) is 0 Å². The van der Waals surface area contributed by atoms with E-state index in [1.165, 1.54) is 12.1 Å². The van der Waals surface area contributed by atoms with Crippen molar-refractivity contribution in [3.63, 3.8) is 0 Å². The number of aromatic hydroxyl groups is 1. The van der Waals surface area contributed by atoms with Crippen LogP contribution in [0.1, 0.15) is 12.7 Å². The third-order valence-corrected chi connectivity index (χ3v) is 2.96. The lowest BCUT2D eigenvalue weighted by atomic mass is 10.1. The van der Waals surface area contributed by atoms with Gasteiger partial charge in [0.2, 0.25) is 0 Å². The molecule has 1 heterocycles. The van der Waals surface area contributed by atoms with E-state index in [0.717, 1.165) is 0 Å². The fraction of sp³-hybridized carbons (Fsp3) is 0.118. The van der Waals surface area contributed by atoms with Crippen molar-refractivity contribution < 1.29 is 14.3 Å². The number of benzene rings is 1. The topological polar surface area (TPSA) is 59.7 Å². The second kappa shape index (κ2) is 6.61. The van der Waals surface area contributed by atoms with Crippen LogP contribution in [0.25, 0.3) is 17.2 Å². The highest BCUT2D eigenvalue weighted by molar-refractivity contribution is 5.63. The van der Waals surface area contributed by atoms with Crippen molar-refractivity contribution in [1.29, 1.82) is 0 Å². The molecule has 0 bridgehead atoms. The van der Waals surface area contributed by atoms with Crippen LogP contribution < -0.4 is 5.63 Å². The Bertz CT molecular complexity index is 721. The molecule has 4 nitrogen and oxygen atoms in total. The highest BCUT2D eigenvalue weighted by Crippen LogP contribution is 2.19. The Hall–Kier alpha value is -2.75. The van der Waals surface area contributed by atoms with E-state index in [1.54, 1.807) is 49.6 Å². The zero-order valence-electron chi connectivity index (χ0n) is 11.9. The quantitative estimate of drug-likeness (QED) is 0.688. The van der Waals surface area contributed by atoms with Gasteiger partial charge in [0, 0.05) is 0 Å². The summed E-state index contributed by atoms with van der Waals surface area (Å²) in [5.41, 5.74) is 0.718. The monoisotopic (exact) mass is 284 g/mol. The molecular weight excluding hydrogens is 268 g/mol. The van der Waals surface area contributed by atoms with E-state index in [-0.39, 0.29) is 5.75 Å². The second-order valence-corrected chi connectivity index (χ2v) is 4.31. The van der Waals surface area contributed by atoms with E-state index in [0.29, 0.717) is 22.6 Å². The van der Waals surface area contributed by atoms with Gasteiger partial charge >= 0.3 is 5.63 Å². The molecule has 0 aliphatic carbocycles. The van der Waals surface area contributed by atoms with Gasteiger partial charge in [0.1, 0.15) is 17.3 Å². The summed E-state index contributed by atoms with van der Waals surface area (Å²) < 4.78 is 10.3. The third kappa shape index (κ3) is 3.63. The van der Waals surface area contributed by atoms with Gasteiger partial charge in [0.15, 0.2) is 0 Å². The molecule has 1 aromatic heterocycles. The van der Waals surface area contributed by atoms with Gasteiger partial charge in [0.05, 0.1) is 12.7 Å². The van der Waals surface area contributed by atoms with Crippen LogP contribution in [0.2, 0.25) is 0 Å². The number of phenolic OH excluding ortho intramolecular Hbond substituents is 1. The zero-order valence-corrected chi connectivity index (χ0v) is 11.9. The standard InChI is InChI=1S/C17H16O4/c1-3-14(20-2)8-9-15-10-11-16(17(19)21-15)12-4-6-13(18)7-5-12/h3-11,18H,1-2H3/b9-8-,14-3+. The average Bonchev–Trinajstić information content (AvgIpc) is 2.49. The predicted molar refractivity (Wildman–Crippen MR) is 81.9 cm³/mol. The van der Waals surface area contributed by atoms with Crippen LogP contribution in [-0.2, 0) is 4.74 Å². The van der Waals surface area contributed by atoms with E-state index in [4.69, 9.17) is 9.15 Å². The molecular formula is C17H16O4. The molecule has 0 saturated heterocycles. The van der Waals surface area contributed by atoms with E-state index in [1.807, 2.05) is 6.92 Å². The van der Waals surface area contributed by atoms with E-state index < -0.39 is 5.63 Å². The minimum atomic E-state index is -0.428. The van der Waals surface area contributed by atoms with Crippen LogP contribution in [0.15, 0.2) is 63.5 Å². The lowest BCUT2D eigenvalue weighted by Gasteiger charge is -2.01. The number of hydrogen-bond acceptors (Lipinski definition) is 4. The number of allylic oxidation sites excluding steroid dienone is 2. The van der Waals surface area contributed by atoms with Gasteiger partial charge in [-0.1, -0.05) is 12.1 Å². The molecule has 2 rings (SSSR count). The third-order valence-electron chi connectivity index (χ3n) is 2.96. The number of rotatable bonds is 4. The molecule has 0 spiro atoms. The molecule has 0 saturated carbocycles. The second-order valence-electron chi connectivity index (χ2n) is 4.31. The molecule has 108 valence electrons. The minimum Gasteiger partial charge on any atom is -0.508 e. The smallest absolute Gasteiger partial charge is 0.344 e. The summed E-state index contributed by atoms with van der Waals surface area (Å²) in [5, 5.41) is 9.26. The Morgan fingerprint density at radius 3 is 2.48 bits per heavy atom. The Morgan fingerprint density at radius 2 is 1.90 bits per heavy atom. The van der Waals surface area contributed by atoms with Crippen LogP contribution in [0.3, 0.4) is 0 Å². The first-order valence-electron chi connectivity index (χ1n) is 6.46. The molecule has 21 heavy (non-hydrogen) atoms. The molecule has 0 aliphatic rings. The van der Waals surface area contributed by atoms with Gasteiger partial charge in [-0.25, -0.2) is 4.79 Å². The summed E-state index contributed by atoms with van der Waals surface area (Å²) >= 11 is 0. The van der Waals surface area contributed by atoms with Crippen LogP contribution in [-0.4, -0.2) is 12.2 Å². The van der Waals surface area contributed by atoms with Crippen molar-refractivity contribution in [3.8, 4) is 16.9 Å². The van der Waals surface area contributed by atoms with Gasteiger partial charge in [-0.15, -0.1) is 0 Å². The summed E-state index contributed by atoms with van der Waals surface area (Å²) in [6, 6.07) is 9.79. The summed E-state index contributed by atoms with van der Waals surface area (Å²) in [7, 11) is 1.57. The molecule has 2 aromatic rings. The molecule has 0 atom stereocenters. The fourth-order valence-electron chi connectivity index (χ4n) is 1.82. The maximum atomic E-state index is 12.0. The van der Waals surface area contributed by atoms with Gasteiger partial charge in [0.25, 0.3) is 0 Å². The Morgan fingerprint density at radius 1 is 1.19 bits per heavy atom. The predicted octanol–water partition coefficient (Wildman–Crippen LogP) is 3.58. The normalized spacial score (nSPS) is 11.8. The van der Waals surface area contributed by atoms with E-state index in [9.17, 15) is 9.90 Å². The van der Waals surface area contributed by atoms with Crippen molar-refractivity contribution >= 4 is 6.08 Å². The zero-order chi connectivity index (χ0) is 15.2. The molecule has 0 unspecified atom stereocenters. The minimum absolute atomic E-state index is 0.154. The molecule has 0 radical (unpaired) electrons. The number of ether oxygens (including phenoxy) is 1. The Balaban J connectivity index is 2.30. The maximum Gasteiger partial charge on any atom is 0.344 e. The maximum absolute atomic E-state index is 12.0. The average molecular weight is 284 g/mol. The SMILES string of the molecule is C/C=C(\C=C/c1ccc(-c2ccc(O)cc2)c(=O)o1)OC. The summed E-state index contributed by atoms with van der Waals surface area (Å²) in [4.78, 5) is 12.0. The lowest BCUT2D eigenvalue weighted by molar-refractivity contribution is 0.306. The molecule has 1 N–H and O–H groups in total. The summed E-state index contributed by atoms with van der Waals surface area (Å²) in [6.45, 7) is 1.85. The van der Waals surface area contributed by atoms with Crippen LogP contribution >= 0.6 is 0 Å². The van der Waals surface area contributed by atoms with Crippen molar-refractivity contribution in [2.24, 2.45) is 0 Å². The number of phenols is 1.